The van der Waals surface area contributed by atoms with Gasteiger partial charge in [0, 0.05) is 41.9 Å². The van der Waals surface area contributed by atoms with E-state index in [2.05, 4.69) is 15.0 Å². The molecule has 0 radical (unpaired) electrons. The first-order chi connectivity index (χ1) is 18.4. The number of hydrogen-bond donors (Lipinski definition) is 1. The summed E-state index contributed by atoms with van der Waals surface area (Å²) >= 11 is 0. The molecule has 7 nitrogen and oxygen atoms in total. The molecule has 0 bridgehead atoms. The predicted octanol–water partition coefficient (Wildman–Crippen LogP) is 4.92. The van der Waals surface area contributed by atoms with Crippen LogP contribution in [0.4, 0.5) is 36.6 Å². The zero-order valence-corrected chi connectivity index (χ0v) is 19.8. The molecule has 2 aromatic carbocycles. The van der Waals surface area contributed by atoms with Gasteiger partial charge in [0.25, 0.3) is 11.8 Å². The maximum absolute atomic E-state index is 15.0. The maximum Gasteiger partial charge on any atom is 0.419 e. The standard InChI is InChI=1S/C25H18F7N3O4/c1-38-14-9-17(26)19(18(27)10-14)15-11-35(21-16(25(30,31)32)3-2-8-33-21)23(37)20(15)34-22(36)12-4-6-13(7-5-12)39-24(28)29/h2-10,15,20,24H,11H2,1H3,(H,34,36)/t15-,20?/m0/s1. The summed E-state index contributed by atoms with van der Waals surface area (Å²) in [5.74, 6) is -7.13. The van der Waals surface area contributed by atoms with Gasteiger partial charge < -0.3 is 14.8 Å². The minimum atomic E-state index is -4.92. The van der Waals surface area contributed by atoms with E-state index >= 15 is 8.78 Å². The summed E-state index contributed by atoms with van der Waals surface area (Å²) in [6, 6.07) is 5.91. The van der Waals surface area contributed by atoms with Crippen LogP contribution >= 0.6 is 0 Å². The van der Waals surface area contributed by atoms with Crippen LogP contribution in [0.1, 0.15) is 27.4 Å². The molecule has 0 saturated carbocycles. The Kier molecular flexibility index (Phi) is 7.65. The van der Waals surface area contributed by atoms with Crippen LogP contribution in [0, 0.1) is 11.6 Å². The summed E-state index contributed by atoms with van der Waals surface area (Å²) < 4.78 is 105. The van der Waals surface area contributed by atoms with Crippen molar-refractivity contribution in [2.45, 2.75) is 24.7 Å². The molecule has 1 unspecified atom stereocenters. The molecule has 1 fully saturated rings. The van der Waals surface area contributed by atoms with Gasteiger partial charge in [0.15, 0.2) is 0 Å². The largest absolute Gasteiger partial charge is 0.497 e. The zero-order valence-electron chi connectivity index (χ0n) is 19.8. The molecule has 1 aliphatic heterocycles. The first kappa shape index (κ1) is 27.7. The van der Waals surface area contributed by atoms with Crippen LogP contribution in [0.2, 0.25) is 0 Å². The SMILES string of the molecule is COc1cc(F)c([C@@H]2CN(c3ncccc3C(F)(F)F)C(=O)C2NC(=O)c2ccc(OC(F)F)cc2)c(F)c1. The first-order valence-electron chi connectivity index (χ1n) is 11.1. The number of ether oxygens (including phenoxy) is 2. The van der Waals surface area contributed by atoms with Gasteiger partial charge in [-0.05, 0) is 36.4 Å². The van der Waals surface area contributed by atoms with E-state index in [1.807, 2.05) is 0 Å². The Morgan fingerprint density at radius 1 is 1.08 bits per heavy atom. The van der Waals surface area contributed by atoms with Gasteiger partial charge in [0.05, 0.1) is 12.7 Å². The smallest absolute Gasteiger partial charge is 0.419 e. The molecule has 4 rings (SSSR count). The van der Waals surface area contributed by atoms with Crippen molar-refractivity contribution in [2.75, 3.05) is 18.6 Å². The second-order valence-electron chi connectivity index (χ2n) is 8.29. The quantitative estimate of drug-likeness (QED) is 0.418. The third-order valence-corrected chi connectivity index (χ3v) is 5.95. The predicted molar refractivity (Wildman–Crippen MR) is 122 cm³/mol. The number of rotatable bonds is 7. The Bertz CT molecular complexity index is 1360. The Labute approximate surface area is 216 Å². The zero-order chi connectivity index (χ0) is 28.5. The minimum Gasteiger partial charge on any atom is -0.497 e. The van der Waals surface area contributed by atoms with Crippen molar-refractivity contribution < 1.29 is 49.8 Å². The van der Waals surface area contributed by atoms with Gasteiger partial charge in [-0.25, -0.2) is 13.8 Å². The fourth-order valence-corrected chi connectivity index (χ4v) is 4.22. The Balaban J connectivity index is 1.73. The van der Waals surface area contributed by atoms with Gasteiger partial charge in [-0.3, -0.25) is 14.5 Å². The lowest BCUT2D eigenvalue weighted by molar-refractivity contribution is -0.137. The average molecular weight is 557 g/mol. The molecule has 0 spiro atoms. The molecule has 3 aromatic rings. The molecule has 2 atom stereocenters. The highest BCUT2D eigenvalue weighted by Crippen LogP contribution is 2.40. The van der Waals surface area contributed by atoms with Crippen molar-refractivity contribution in [3.8, 4) is 11.5 Å². The topological polar surface area (TPSA) is 80.8 Å². The molecular formula is C25H18F7N3O4. The third kappa shape index (κ3) is 5.73. The minimum absolute atomic E-state index is 0.147. The number of carbonyl (C=O) groups is 2. The number of carbonyl (C=O) groups excluding carboxylic acids is 2. The maximum atomic E-state index is 15.0. The molecule has 2 amide bonds. The highest BCUT2D eigenvalue weighted by atomic mass is 19.4. The van der Waals surface area contributed by atoms with Gasteiger partial charge in [0.2, 0.25) is 0 Å². The molecule has 206 valence electrons. The van der Waals surface area contributed by atoms with Crippen LogP contribution in [0.3, 0.4) is 0 Å². The monoisotopic (exact) mass is 557 g/mol. The first-order valence-corrected chi connectivity index (χ1v) is 11.1. The lowest BCUT2D eigenvalue weighted by Gasteiger charge is -2.20. The van der Waals surface area contributed by atoms with E-state index in [1.54, 1.807) is 0 Å². The van der Waals surface area contributed by atoms with Crippen LogP contribution in [-0.2, 0) is 11.0 Å². The lowest BCUT2D eigenvalue weighted by atomic mass is 9.92. The van der Waals surface area contributed by atoms with E-state index in [4.69, 9.17) is 4.74 Å². The van der Waals surface area contributed by atoms with Crippen LogP contribution in [0.5, 0.6) is 11.5 Å². The number of halogens is 7. The normalized spacial score (nSPS) is 17.5. The third-order valence-electron chi connectivity index (χ3n) is 5.95. The molecule has 1 N–H and O–H groups in total. The number of benzene rings is 2. The van der Waals surface area contributed by atoms with Gasteiger partial charge in [-0.1, -0.05) is 0 Å². The number of anilines is 1. The van der Waals surface area contributed by atoms with Crippen molar-refractivity contribution in [3.63, 3.8) is 0 Å². The fraction of sp³-hybridized carbons (Fsp3) is 0.240. The van der Waals surface area contributed by atoms with E-state index in [9.17, 15) is 31.5 Å². The van der Waals surface area contributed by atoms with Crippen LogP contribution in [-0.4, -0.2) is 43.1 Å². The Hall–Kier alpha value is -4.36. The van der Waals surface area contributed by atoms with Crippen molar-refractivity contribution in [1.29, 1.82) is 0 Å². The van der Waals surface area contributed by atoms with Crippen molar-refractivity contribution in [1.82, 2.24) is 10.3 Å². The molecule has 39 heavy (non-hydrogen) atoms. The van der Waals surface area contributed by atoms with Gasteiger partial charge in [0.1, 0.15) is 35.0 Å². The van der Waals surface area contributed by atoms with Crippen LogP contribution in [0.15, 0.2) is 54.7 Å². The molecule has 1 saturated heterocycles. The summed E-state index contributed by atoms with van der Waals surface area (Å²) in [5.41, 5.74) is -2.08. The van der Waals surface area contributed by atoms with Crippen molar-refractivity contribution >= 4 is 17.6 Å². The van der Waals surface area contributed by atoms with E-state index in [-0.39, 0.29) is 17.1 Å². The van der Waals surface area contributed by atoms with Crippen molar-refractivity contribution in [3.05, 3.63) is 83.1 Å². The van der Waals surface area contributed by atoms with E-state index in [0.717, 1.165) is 55.8 Å². The lowest BCUT2D eigenvalue weighted by Crippen LogP contribution is -2.44. The number of alkyl halides is 5. The second kappa shape index (κ2) is 10.8. The molecule has 1 aromatic heterocycles. The molecular weight excluding hydrogens is 539 g/mol. The molecule has 0 aliphatic carbocycles. The van der Waals surface area contributed by atoms with Crippen LogP contribution in [0.25, 0.3) is 0 Å². The summed E-state index contributed by atoms with van der Waals surface area (Å²) in [6.07, 6.45) is -3.91. The Morgan fingerprint density at radius 2 is 1.72 bits per heavy atom. The van der Waals surface area contributed by atoms with E-state index < -0.39 is 71.7 Å². The summed E-state index contributed by atoms with van der Waals surface area (Å²) in [6.45, 7) is -3.78. The van der Waals surface area contributed by atoms with Gasteiger partial charge in [-0.15, -0.1) is 0 Å². The highest BCUT2D eigenvalue weighted by molar-refractivity contribution is 6.05. The summed E-state index contributed by atoms with van der Waals surface area (Å²) in [7, 11) is 1.16. The molecule has 2 heterocycles. The molecule has 1 aliphatic rings. The number of amides is 2. The van der Waals surface area contributed by atoms with Crippen LogP contribution < -0.4 is 19.7 Å². The summed E-state index contributed by atoms with van der Waals surface area (Å²) in [4.78, 5) is 30.6. The number of nitrogens with one attached hydrogen (secondary N) is 1. The van der Waals surface area contributed by atoms with Gasteiger partial charge in [-0.2, -0.15) is 22.0 Å². The average Bonchev–Trinajstić information content (AvgIpc) is 3.18. The number of pyridine rings is 1. The number of nitrogens with zero attached hydrogens (tertiary/aromatic N) is 2. The number of hydrogen-bond acceptors (Lipinski definition) is 5. The summed E-state index contributed by atoms with van der Waals surface area (Å²) in [5, 5.41) is 2.30. The highest BCUT2D eigenvalue weighted by Gasteiger charge is 2.48. The number of methoxy groups -OCH3 is 1. The van der Waals surface area contributed by atoms with Crippen molar-refractivity contribution in [2.24, 2.45) is 0 Å². The Morgan fingerprint density at radius 3 is 2.28 bits per heavy atom. The molecule has 14 heteroatoms. The van der Waals surface area contributed by atoms with E-state index in [1.165, 1.54) is 0 Å². The second-order valence-corrected chi connectivity index (χ2v) is 8.29. The van der Waals surface area contributed by atoms with E-state index in [0.29, 0.717) is 11.0 Å². The fourth-order valence-electron chi connectivity index (χ4n) is 4.22. The number of aromatic nitrogens is 1. The van der Waals surface area contributed by atoms with Gasteiger partial charge >= 0.3 is 12.8 Å².